The minimum Gasteiger partial charge on any atom is -0.492 e. The molecule has 1 heterocycles. The van der Waals surface area contributed by atoms with Gasteiger partial charge in [0.1, 0.15) is 12.4 Å². The monoisotopic (exact) mass is 389 g/mol. The van der Waals surface area contributed by atoms with E-state index in [1.54, 1.807) is 11.3 Å². The van der Waals surface area contributed by atoms with Crippen LogP contribution >= 0.6 is 11.3 Å². The first-order valence-corrected chi connectivity index (χ1v) is 10.2. The number of nitrogens with zero attached hydrogens (tertiary/aromatic N) is 3. The van der Waals surface area contributed by atoms with E-state index < -0.39 is 0 Å². The van der Waals surface area contributed by atoms with E-state index in [0.29, 0.717) is 13.2 Å². The predicted octanol–water partition coefficient (Wildman–Crippen LogP) is 2.69. The summed E-state index contributed by atoms with van der Waals surface area (Å²) in [4.78, 5) is 12.4. The number of ether oxygens (including phenoxy) is 1. The molecule has 148 valence electrons. The number of benzene rings is 1. The predicted molar refractivity (Wildman–Crippen MR) is 114 cm³/mol. The average molecular weight is 390 g/mol. The van der Waals surface area contributed by atoms with Crippen molar-refractivity contribution in [3.8, 4) is 5.75 Å². The van der Waals surface area contributed by atoms with Gasteiger partial charge in [-0.25, -0.2) is 9.98 Å². The molecule has 2 N–H and O–H groups in total. The molecule has 0 unspecified atom stereocenters. The van der Waals surface area contributed by atoms with Crippen molar-refractivity contribution in [3.63, 3.8) is 0 Å². The second-order valence-corrected chi connectivity index (χ2v) is 7.86. The molecule has 2 aromatic rings. The lowest BCUT2D eigenvalue weighted by atomic mass is 10.2. The summed E-state index contributed by atoms with van der Waals surface area (Å²) in [5.41, 5.74) is 1.13. The van der Waals surface area contributed by atoms with E-state index in [2.05, 4.69) is 51.5 Å². The summed E-state index contributed by atoms with van der Waals surface area (Å²) in [5, 5.41) is 7.82. The van der Waals surface area contributed by atoms with E-state index in [9.17, 15) is 0 Å². The van der Waals surface area contributed by atoms with Crippen LogP contribution in [0.5, 0.6) is 5.75 Å². The molecule has 0 aliphatic carbocycles. The summed E-state index contributed by atoms with van der Waals surface area (Å²) >= 11 is 1.74. The van der Waals surface area contributed by atoms with Gasteiger partial charge in [0.15, 0.2) is 5.96 Å². The first-order valence-electron chi connectivity index (χ1n) is 9.36. The summed E-state index contributed by atoms with van der Waals surface area (Å²) in [6, 6.07) is 8.13. The molecule has 27 heavy (non-hydrogen) atoms. The zero-order valence-electron chi connectivity index (χ0n) is 16.8. The third-order valence-corrected chi connectivity index (χ3v) is 4.74. The lowest BCUT2D eigenvalue weighted by Gasteiger charge is -2.12. The van der Waals surface area contributed by atoms with Gasteiger partial charge in [0.05, 0.1) is 11.6 Å². The van der Waals surface area contributed by atoms with E-state index in [0.717, 1.165) is 48.3 Å². The van der Waals surface area contributed by atoms with Crippen molar-refractivity contribution in [1.29, 1.82) is 0 Å². The highest BCUT2D eigenvalue weighted by Crippen LogP contribution is 2.14. The summed E-state index contributed by atoms with van der Waals surface area (Å²) in [6.07, 6.45) is 2.82. The minimum absolute atomic E-state index is 0.608. The molecule has 0 aliphatic heterocycles. The zero-order valence-corrected chi connectivity index (χ0v) is 17.6. The second-order valence-electron chi connectivity index (χ2n) is 6.54. The summed E-state index contributed by atoms with van der Waals surface area (Å²) in [6.45, 7) is 7.98. The van der Waals surface area contributed by atoms with Crippen LogP contribution in [-0.2, 0) is 13.0 Å². The van der Waals surface area contributed by atoms with Crippen LogP contribution in [0.15, 0.2) is 35.5 Å². The van der Waals surface area contributed by atoms with Gasteiger partial charge in [-0.15, -0.1) is 11.3 Å². The van der Waals surface area contributed by atoms with Gasteiger partial charge in [0, 0.05) is 37.1 Å². The standard InChI is InChI=1S/C20H31N5OS/c1-5-21-20(22-10-9-19-23-14-16(2)27-19)24-15-17-7-6-8-18(13-17)26-12-11-25(3)4/h6-8,13-14H,5,9-12,15H2,1-4H3,(H2,21,22,24). The van der Waals surface area contributed by atoms with Gasteiger partial charge in [0.2, 0.25) is 0 Å². The van der Waals surface area contributed by atoms with Gasteiger partial charge in [-0.2, -0.15) is 0 Å². The normalized spacial score (nSPS) is 11.7. The van der Waals surface area contributed by atoms with Crippen LogP contribution in [0, 0.1) is 6.92 Å². The molecule has 0 radical (unpaired) electrons. The van der Waals surface area contributed by atoms with Crippen LogP contribution in [0.4, 0.5) is 0 Å². The Morgan fingerprint density at radius 1 is 1.30 bits per heavy atom. The van der Waals surface area contributed by atoms with E-state index in [1.165, 1.54) is 4.88 Å². The molecule has 7 heteroatoms. The first-order chi connectivity index (χ1) is 13.1. The Morgan fingerprint density at radius 3 is 2.85 bits per heavy atom. The van der Waals surface area contributed by atoms with Crippen LogP contribution in [0.3, 0.4) is 0 Å². The molecule has 6 nitrogen and oxygen atoms in total. The molecular formula is C20H31N5OS. The van der Waals surface area contributed by atoms with Crippen molar-refractivity contribution in [3.05, 3.63) is 45.9 Å². The Morgan fingerprint density at radius 2 is 2.15 bits per heavy atom. The maximum absolute atomic E-state index is 5.80. The van der Waals surface area contributed by atoms with Crippen LogP contribution < -0.4 is 15.4 Å². The topological polar surface area (TPSA) is 61.8 Å². The highest BCUT2D eigenvalue weighted by Gasteiger charge is 2.02. The second kappa shape index (κ2) is 11.6. The molecule has 0 aliphatic rings. The molecule has 0 amide bonds. The molecule has 0 bridgehead atoms. The van der Waals surface area contributed by atoms with Crippen LogP contribution in [0.2, 0.25) is 0 Å². The van der Waals surface area contributed by atoms with Gasteiger partial charge in [-0.1, -0.05) is 12.1 Å². The first kappa shape index (κ1) is 21.2. The van der Waals surface area contributed by atoms with Crippen molar-refractivity contribution >= 4 is 17.3 Å². The SMILES string of the molecule is CCNC(=NCc1cccc(OCCN(C)C)c1)NCCc1ncc(C)s1. The Hall–Kier alpha value is -2.12. The molecule has 0 saturated heterocycles. The third-order valence-electron chi connectivity index (χ3n) is 3.77. The van der Waals surface area contributed by atoms with E-state index in [1.807, 2.05) is 32.4 Å². The molecule has 0 spiro atoms. The van der Waals surface area contributed by atoms with Crippen molar-refractivity contribution in [1.82, 2.24) is 20.5 Å². The smallest absolute Gasteiger partial charge is 0.191 e. The molecular weight excluding hydrogens is 358 g/mol. The van der Waals surface area contributed by atoms with Crippen LogP contribution in [-0.4, -0.2) is 56.2 Å². The Bertz CT molecular complexity index is 714. The molecule has 2 rings (SSSR count). The number of hydrogen-bond donors (Lipinski definition) is 2. The van der Waals surface area contributed by atoms with Crippen molar-refractivity contribution < 1.29 is 4.74 Å². The van der Waals surface area contributed by atoms with E-state index in [-0.39, 0.29) is 0 Å². The highest BCUT2D eigenvalue weighted by molar-refractivity contribution is 7.11. The Labute approximate surface area is 166 Å². The summed E-state index contributed by atoms with van der Waals surface area (Å²) in [5.74, 6) is 1.71. The number of aromatic nitrogens is 1. The van der Waals surface area contributed by atoms with Crippen molar-refractivity contribution in [2.75, 3.05) is 40.3 Å². The number of aryl methyl sites for hydroxylation is 1. The lowest BCUT2D eigenvalue weighted by Crippen LogP contribution is -2.38. The molecule has 0 fully saturated rings. The zero-order chi connectivity index (χ0) is 19.5. The average Bonchev–Trinajstić information content (AvgIpc) is 3.05. The molecule has 0 atom stereocenters. The fourth-order valence-corrected chi connectivity index (χ4v) is 3.18. The van der Waals surface area contributed by atoms with Gasteiger partial charge >= 0.3 is 0 Å². The van der Waals surface area contributed by atoms with Crippen molar-refractivity contribution in [2.24, 2.45) is 4.99 Å². The lowest BCUT2D eigenvalue weighted by molar-refractivity contribution is 0.261. The Balaban J connectivity index is 1.85. The van der Waals surface area contributed by atoms with Gasteiger partial charge < -0.3 is 20.3 Å². The number of rotatable bonds is 10. The summed E-state index contributed by atoms with van der Waals surface area (Å²) in [7, 11) is 4.08. The van der Waals surface area contributed by atoms with Crippen LogP contribution in [0.1, 0.15) is 22.4 Å². The van der Waals surface area contributed by atoms with Gasteiger partial charge in [-0.05, 0) is 45.6 Å². The van der Waals surface area contributed by atoms with Crippen LogP contribution in [0.25, 0.3) is 0 Å². The fraction of sp³-hybridized carbons (Fsp3) is 0.500. The van der Waals surface area contributed by atoms with Gasteiger partial charge in [0.25, 0.3) is 0 Å². The summed E-state index contributed by atoms with van der Waals surface area (Å²) < 4.78 is 5.80. The fourth-order valence-electron chi connectivity index (χ4n) is 2.40. The molecule has 1 aromatic heterocycles. The minimum atomic E-state index is 0.608. The maximum Gasteiger partial charge on any atom is 0.191 e. The molecule has 0 saturated carbocycles. The number of guanidine groups is 1. The number of likely N-dealkylation sites (N-methyl/N-ethyl adjacent to an activating group) is 1. The third kappa shape index (κ3) is 8.41. The quantitative estimate of drug-likeness (QED) is 0.483. The number of thiazole rings is 1. The van der Waals surface area contributed by atoms with Crippen molar-refractivity contribution in [2.45, 2.75) is 26.8 Å². The molecule has 1 aromatic carbocycles. The van der Waals surface area contributed by atoms with E-state index in [4.69, 9.17) is 4.74 Å². The number of nitrogens with one attached hydrogen (secondary N) is 2. The van der Waals surface area contributed by atoms with Gasteiger partial charge in [-0.3, -0.25) is 0 Å². The number of hydrogen-bond acceptors (Lipinski definition) is 5. The number of aliphatic imine (C=N–C) groups is 1. The highest BCUT2D eigenvalue weighted by atomic mass is 32.1. The maximum atomic E-state index is 5.80. The Kier molecular flexibility index (Phi) is 9.07. The van der Waals surface area contributed by atoms with E-state index >= 15 is 0 Å². The largest absolute Gasteiger partial charge is 0.492 e.